The highest BCUT2D eigenvalue weighted by Gasteiger charge is 2.42. The van der Waals surface area contributed by atoms with Crippen molar-refractivity contribution in [1.29, 1.82) is 0 Å². The van der Waals surface area contributed by atoms with E-state index in [-0.39, 0.29) is 64.2 Å². The van der Waals surface area contributed by atoms with Crippen molar-refractivity contribution < 1.29 is 57.4 Å². The highest BCUT2D eigenvalue weighted by atomic mass is 16.5. The summed E-state index contributed by atoms with van der Waals surface area (Å²) in [5.74, 6) is -5.18. The lowest BCUT2D eigenvalue weighted by atomic mass is 9.82. The van der Waals surface area contributed by atoms with E-state index in [0.29, 0.717) is 37.2 Å². The molecule has 0 aromatic heterocycles. The molecule has 1 aromatic rings. The number of nitrogens with one attached hydrogen (secondary N) is 6. The van der Waals surface area contributed by atoms with Crippen LogP contribution < -0.4 is 41.4 Å². The summed E-state index contributed by atoms with van der Waals surface area (Å²) in [7, 11) is 3.04. The van der Waals surface area contributed by atoms with Crippen LogP contribution >= 0.6 is 0 Å². The molecule has 2 aliphatic rings. The Bertz CT molecular complexity index is 1800. The number of Topliss-reactive ketones (excluding diaryl/α,β-unsaturated/α-hetero) is 1. The number of esters is 1. The molecule has 7 amide bonds. The van der Waals surface area contributed by atoms with Crippen LogP contribution in [0.3, 0.4) is 0 Å². The molecule has 61 heavy (non-hydrogen) atoms. The maximum Gasteiger partial charge on any atom is 0.329 e. The third-order valence-electron chi connectivity index (χ3n) is 10.6. The number of fused-ring (bicyclic) bond motifs is 1. The number of amides is 7. The molecule has 2 fully saturated rings. The molecular weight excluding hydrogens is 794 g/mol. The fourth-order valence-corrected chi connectivity index (χ4v) is 6.70. The van der Waals surface area contributed by atoms with Crippen LogP contribution in [0, 0.1) is 5.41 Å². The molecule has 2 saturated heterocycles. The highest BCUT2D eigenvalue weighted by Crippen LogP contribution is 2.30. The van der Waals surface area contributed by atoms with E-state index in [4.69, 9.17) is 14.2 Å². The summed E-state index contributed by atoms with van der Waals surface area (Å²) in [5.41, 5.74) is -0.529. The Hall–Kier alpha value is -6.01. The normalized spacial score (nSPS) is 24.6. The zero-order valence-electron chi connectivity index (χ0n) is 35.9. The van der Waals surface area contributed by atoms with E-state index in [2.05, 4.69) is 38.5 Å². The standard InChI is InChI=1S/C42H61N7O12/c1-8-33(50)45-24-29-39(56)47-26(3)38(55)46-25(2)37(54)44-21-20-43-34(51)17-15-28(14-12-27-13-16-31(59-6)32(23-27)60-7)61-41(58)30-11-9-10-22-49(30)40(57)36(53)42(4,5)19-18-35(52)48-29/h8,13,16,23,25-26,28-30H,1,9-12,14-15,17-22,24H2,2-7H3,(H,43,51)(H,44,54)(H,45,50)(H,46,55)(H,47,56)(H,48,52)/t25-,26-,28+,29-,30-/m0/s1. The zero-order chi connectivity index (χ0) is 45.3. The molecular formula is C42H61N7O12. The summed E-state index contributed by atoms with van der Waals surface area (Å²) in [6.45, 7) is 8.98. The van der Waals surface area contributed by atoms with Crippen molar-refractivity contribution in [2.24, 2.45) is 5.41 Å². The first-order valence-electron chi connectivity index (χ1n) is 20.5. The van der Waals surface area contributed by atoms with Gasteiger partial charge in [0.2, 0.25) is 41.2 Å². The van der Waals surface area contributed by atoms with Gasteiger partial charge in [0.05, 0.1) is 14.2 Å². The summed E-state index contributed by atoms with van der Waals surface area (Å²) < 4.78 is 16.8. The van der Waals surface area contributed by atoms with Gasteiger partial charge in [-0.25, -0.2) is 4.79 Å². The van der Waals surface area contributed by atoms with Crippen molar-refractivity contribution in [3.8, 4) is 11.5 Å². The van der Waals surface area contributed by atoms with Gasteiger partial charge in [0.25, 0.3) is 5.91 Å². The summed E-state index contributed by atoms with van der Waals surface area (Å²) in [6, 6.07) is 0.753. The van der Waals surface area contributed by atoms with Crippen molar-refractivity contribution in [2.75, 3.05) is 40.4 Å². The largest absolute Gasteiger partial charge is 0.493 e. The van der Waals surface area contributed by atoms with Gasteiger partial charge in [-0.3, -0.25) is 38.4 Å². The fraction of sp³-hybridized carbons (Fsp3) is 0.595. The first-order chi connectivity index (χ1) is 28.9. The molecule has 1 aromatic carbocycles. The molecule has 6 N–H and O–H groups in total. The number of hydrogen-bond donors (Lipinski definition) is 6. The topological polar surface area (TPSA) is 257 Å². The number of ketones is 1. The maximum atomic E-state index is 13.9. The Morgan fingerprint density at radius 1 is 0.869 bits per heavy atom. The minimum Gasteiger partial charge on any atom is -0.493 e. The Balaban J connectivity index is 1.88. The summed E-state index contributed by atoms with van der Waals surface area (Å²) in [6.07, 6.45) is 1.99. The molecule has 19 nitrogen and oxygen atoms in total. The van der Waals surface area contributed by atoms with Crippen molar-refractivity contribution in [1.82, 2.24) is 36.8 Å². The van der Waals surface area contributed by atoms with Gasteiger partial charge in [-0.2, -0.15) is 0 Å². The van der Waals surface area contributed by atoms with E-state index in [9.17, 15) is 43.2 Å². The minimum absolute atomic E-state index is 0.0215. The monoisotopic (exact) mass is 855 g/mol. The molecule has 0 spiro atoms. The first-order valence-corrected chi connectivity index (χ1v) is 20.5. The Labute approximate surface area is 356 Å². The number of carbonyl (C=O) groups excluding carboxylic acids is 9. The fourth-order valence-electron chi connectivity index (χ4n) is 6.70. The Kier molecular flexibility index (Phi) is 19.2. The third-order valence-corrected chi connectivity index (χ3v) is 10.6. The quantitative estimate of drug-likeness (QED) is 0.116. The lowest BCUT2D eigenvalue weighted by molar-refractivity contribution is -0.164. The number of cyclic esters (lactones) is 1. The first kappa shape index (κ1) is 49.4. The number of carbonyl (C=O) groups is 9. The number of rotatable bonds is 8. The molecule has 0 bridgehead atoms. The van der Waals surface area contributed by atoms with Crippen molar-refractivity contribution >= 4 is 53.1 Å². The van der Waals surface area contributed by atoms with E-state index in [1.807, 2.05) is 6.07 Å². The van der Waals surface area contributed by atoms with Crippen molar-refractivity contribution in [3.63, 3.8) is 0 Å². The molecule has 0 unspecified atom stereocenters. The number of nitrogens with zero attached hydrogens (tertiary/aromatic N) is 1. The van der Waals surface area contributed by atoms with E-state index >= 15 is 0 Å². The molecule has 336 valence electrons. The van der Waals surface area contributed by atoms with E-state index in [1.165, 1.54) is 46.8 Å². The van der Waals surface area contributed by atoms with Crippen molar-refractivity contribution in [3.05, 3.63) is 36.4 Å². The van der Waals surface area contributed by atoms with E-state index < -0.39 is 82.9 Å². The van der Waals surface area contributed by atoms with E-state index in [0.717, 1.165) is 11.6 Å². The third kappa shape index (κ3) is 15.2. The van der Waals surface area contributed by atoms with Gasteiger partial charge in [0.15, 0.2) is 11.5 Å². The lowest BCUT2D eigenvalue weighted by Crippen LogP contribution is -2.57. The SMILES string of the molecule is C=CC(=O)NC[C@@H]1NC(=O)CCC(C)(C)C(=O)C(=O)N2CCCC[C@H]2C(=O)O[C@H](CCc2ccc(OC)c(OC)c2)CCC(=O)NCCNC(=O)[C@H](C)NC(=O)[C@H](C)NC1=O. The second-order valence-electron chi connectivity index (χ2n) is 15.7. The maximum absolute atomic E-state index is 13.9. The van der Waals surface area contributed by atoms with Gasteiger partial charge in [0, 0.05) is 44.4 Å². The molecule has 2 heterocycles. The second-order valence-corrected chi connectivity index (χ2v) is 15.7. The average molecular weight is 856 g/mol. The van der Waals surface area contributed by atoms with Crippen LogP contribution in [0.15, 0.2) is 30.9 Å². The Morgan fingerprint density at radius 3 is 2.23 bits per heavy atom. The van der Waals surface area contributed by atoms with Crippen LogP contribution in [0.5, 0.6) is 11.5 Å². The summed E-state index contributed by atoms with van der Waals surface area (Å²) >= 11 is 0. The smallest absolute Gasteiger partial charge is 0.329 e. The van der Waals surface area contributed by atoms with Gasteiger partial charge in [-0.05, 0) is 82.6 Å². The van der Waals surface area contributed by atoms with Gasteiger partial charge >= 0.3 is 5.97 Å². The van der Waals surface area contributed by atoms with Crippen LogP contribution in [0.25, 0.3) is 0 Å². The average Bonchev–Trinajstić information content (AvgIpc) is 3.25. The lowest BCUT2D eigenvalue weighted by Gasteiger charge is -2.36. The number of ether oxygens (including phenoxy) is 3. The number of piperidine rings is 1. The van der Waals surface area contributed by atoms with Crippen LogP contribution in [0.4, 0.5) is 0 Å². The van der Waals surface area contributed by atoms with Gasteiger partial charge in [-0.1, -0.05) is 26.5 Å². The molecule has 5 atom stereocenters. The molecule has 0 aliphatic carbocycles. The van der Waals surface area contributed by atoms with Crippen LogP contribution in [0.2, 0.25) is 0 Å². The van der Waals surface area contributed by atoms with E-state index in [1.54, 1.807) is 12.1 Å². The molecule has 0 radical (unpaired) electrons. The predicted molar refractivity (Wildman–Crippen MR) is 221 cm³/mol. The van der Waals surface area contributed by atoms with Crippen molar-refractivity contribution in [2.45, 2.75) is 116 Å². The van der Waals surface area contributed by atoms with Crippen LogP contribution in [-0.2, 0) is 54.3 Å². The second kappa shape index (κ2) is 23.7. The summed E-state index contributed by atoms with van der Waals surface area (Å²) in [5, 5.41) is 15.2. The Morgan fingerprint density at radius 2 is 1.54 bits per heavy atom. The van der Waals surface area contributed by atoms with Gasteiger partial charge < -0.3 is 51.0 Å². The molecule has 0 saturated carbocycles. The number of methoxy groups -OCH3 is 2. The molecule has 19 heteroatoms. The highest BCUT2D eigenvalue weighted by molar-refractivity contribution is 6.38. The molecule has 2 aliphatic heterocycles. The van der Waals surface area contributed by atoms with Gasteiger partial charge in [0.1, 0.15) is 30.3 Å². The number of hydrogen-bond acceptors (Lipinski definition) is 12. The van der Waals surface area contributed by atoms with Crippen LogP contribution in [-0.4, -0.2) is 129 Å². The minimum atomic E-state index is -1.39. The zero-order valence-corrected chi connectivity index (χ0v) is 35.9. The molecule has 3 rings (SSSR count). The number of aryl methyl sites for hydroxylation is 1. The van der Waals surface area contributed by atoms with Crippen LogP contribution in [0.1, 0.15) is 84.6 Å². The van der Waals surface area contributed by atoms with Gasteiger partial charge in [-0.15, -0.1) is 0 Å². The predicted octanol–water partition coefficient (Wildman–Crippen LogP) is 0.127. The summed E-state index contributed by atoms with van der Waals surface area (Å²) in [4.78, 5) is 120. The number of benzene rings is 1.